The van der Waals surface area contributed by atoms with E-state index < -0.39 is 0 Å². The lowest BCUT2D eigenvalue weighted by atomic mass is 9.86. The lowest BCUT2D eigenvalue weighted by Gasteiger charge is -2.21. The second-order valence-corrected chi connectivity index (χ2v) is 5.20. The monoisotopic (exact) mass is 235 g/mol. The first-order valence-electron chi connectivity index (χ1n) is 6.58. The predicted octanol–water partition coefficient (Wildman–Crippen LogP) is 2.90. The number of nitrogens with one attached hydrogen (secondary N) is 1. The first-order chi connectivity index (χ1) is 8.16. The van der Waals surface area contributed by atoms with Crippen LogP contribution in [-0.2, 0) is 6.42 Å². The van der Waals surface area contributed by atoms with E-state index in [1.807, 2.05) is 6.07 Å². The molecule has 2 N–H and O–H groups in total. The van der Waals surface area contributed by atoms with Crippen LogP contribution < -0.4 is 5.56 Å². The minimum Gasteiger partial charge on any atom is -0.503 e. The second kappa shape index (κ2) is 5.39. The van der Waals surface area contributed by atoms with Crippen LogP contribution >= 0.6 is 0 Å². The van der Waals surface area contributed by atoms with E-state index >= 15 is 0 Å². The highest BCUT2D eigenvalue weighted by Gasteiger charge is 2.13. The summed E-state index contributed by atoms with van der Waals surface area (Å²) in [5, 5.41) is 9.40. The molecule has 1 aliphatic rings. The van der Waals surface area contributed by atoms with Gasteiger partial charge in [0.25, 0.3) is 5.56 Å². The fourth-order valence-corrected chi connectivity index (χ4v) is 2.72. The van der Waals surface area contributed by atoms with Crippen molar-refractivity contribution < 1.29 is 5.11 Å². The van der Waals surface area contributed by atoms with E-state index in [2.05, 4.69) is 4.98 Å². The fourth-order valence-electron chi connectivity index (χ4n) is 2.72. The van der Waals surface area contributed by atoms with Gasteiger partial charge in [0.15, 0.2) is 5.75 Å². The normalized spacial score (nSPS) is 17.2. The van der Waals surface area contributed by atoms with Crippen molar-refractivity contribution in [2.45, 2.75) is 51.9 Å². The molecule has 1 aliphatic carbocycles. The summed E-state index contributed by atoms with van der Waals surface area (Å²) in [6.07, 6.45) is 8.83. The third-order valence-corrected chi connectivity index (χ3v) is 3.80. The van der Waals surface area contributed by atoms with Crippen LogP contribution in [0.3, 0.4) is 0 Å². The van der Waals surface area contributed by atoms with Gasteiger partial charge in [-0.05, 0) is 37.3 Å². The maximum absolute atomic E-state index is 11.4. The quantitative estimate of drug-likeness (QED) is 0.846. The van der Waals surface area contributed by atoms with Gasteiger partial charge in [-0.15, -0.1) is 0 Å². The van der Waals surface area contributed by atoms with Gasteiger partial charge in [0.1, 0.15) is 0 Å². The maximum Gasteiger partial charge on any atom is 0.290 e. The van der Waals surface area contributed by atoms with Crippen molar-refractivity contribution in [3.63, 3.8) is 0 Å². The Bertz CT molecular complexity index is 430. The van der Waals surface area contributed by atoms with E-state index in [4.69, 9.17) is 0 Å². The number of pyridine rings is 1. The van der Waals surface area contributed by atoms with Gasteiger partial charge in [-0.1, -0.05) is 32.1 Å². The molecule has 3 nitrogen and oxygen atoms in total. The van der Waals surface area contributed by atoms with E-state index in [1.54, 1.807) is 6.92 Å². The first-order valence-corrected chi connectivity index (χ1v) is 6.58. The van der Waals surface area contributed by atoms with E-state index in [0.29, 0.717) is 5.56 Å². The Hall–Kier alpha value is -1.25. The standard InChI is InChI=1S/C14H21NO2/c1-10-9-12(15-14(17)13(10)16)8-7-11-5-3-2-4-6-11/h9,11,16H,2-8H2,1H3,(H,15,17). The van der Waals surface area contributed by atoms with E-state index in [9.17, 15) is 9.90 Å². The fraction of sp³-hybridized carbons (Fsp3) is 0.643. The summed E-state index contributed by atoms with van der Waals surface area (Å²) >= 11 is 0. The molecule has 0 aromatic carbocycles. The number of aromatic amines is 1. The average Bonchev–Trinajstić information content (AvgIpc) is 2.34. The van der Waals surface area contributed by atoms with Gasteiger partial charge in [-0.2, -0.15) is 0 Å². The van der Waals surface area contributed by atoms with Crippen LogP contribution in [0, 0.1) is 12.8 Å². The van der Waals surface area contributed by atoms with E-state index in [0.717, 1.165) is 24.5 Å². The van der Waals surface area contributed by atoms with Crippen LogP contribution in [0.1, 0.15) is 49.8 Å². The highest BCUT2D eigenvalue weighted by atomic mass is 16.3. The molecule has 0 aliphatic heterocycles. The molecule has 1 heterocycles. The number of hydrogen-bond donors (Lipinski definition) is 2. The van der Waals surface area contributed by atoms with Crippen molar-refractivity contribution in [2.24, 2.45) is 5.92 Å². The highest BCUT2D eigenvalue weighted by molar-refractivity contribution is 5.29. The molecule has 2 rings (SSSR count). The summed E-state index contributed by atoms with van der Waals surface area (Å²) in [7, 11) is 0. The minimum atomic E-state index is -0.358. The molecule has 1 aromatic heterocycles. The summed E-state index contributed by atoms with van der Waals surface area (Å²) in [5.74, 6) is 0.674. The molecular formula is C14H21NO2. The molecule has 0 saturated heterocycles. The van der Waals surface area contributed by atoms with Crippen LogP contribution in [0.25, 0.3) is 0 Å². The van der Waals surface area contributed by atoms with Crippen molar-refractivity contribution in [2.75, 3.05) is 0 Å². The molecule has 0 amide bonds. The lowest BCUT2D eigenvalue weighted by Crippen LogP contribution is -2.12. The molecular weight excluding hydrogens is 214 g/mol. The SMILES string of the molecule is Cc1cc(CCC2CCCCC2)[nH]c(=O)c1O. The van der Waals surface area contributed by atoms with Gasteiger partial charge in [0.05, 0.1) is 0 Å². The zero-order valence-electron chi connectivity index (χ0n) is 10.5. The first kappa shape index (κ1) is 12.2. The Balaban J connectivity index is 1.96. The molecule has 1 aromatic rings. The van der Waals surface area contributed by atoms with Crippen molar-refractivity contribution in [1.29, 1.82) is 0 Å². The highest BCUT2D eigenvalue weighted by Crippen LogP contribution is 2.27. The summed E-state index contributed by atoms with van der Waals surface area (Å²) in [5.41, 5.74) is 1.27. The molecule has 1 saturated carbocycles. The molecule has 0 atom stereocenters. The maximum atomic E-state index is 11.4. The van der Waals surface area contributed by atoms with Gasteiger partial charge < -0.3 is 10.1 Å². The number of aryl methyl sites for hydroxylation is 2. The summed E-state index contributed by atoms with van der Waals surface area (Å²) in [6, 6.07) is 1.89. The molecule has 17 heavy (non-hydrogen) atoms. The zero-order valence-corrected chi connectivity index (χ0v) is 10.5. The van der Waals surface area contributed by atoms with Gasteiger partial charge in [-0.3, -0.25) is 4.79 Å². The van der Waals surface area contributed by atoms with Crippen LogP contribution in [0.2, 0.25) is 0 Å². The Kier molecular flexibility index (Phi) is 3.87. The molecule has 3 heteroatoms. The third kappa shape index (κ3) is 3.11. The van der Waals surface area contributed by atoms with Crippen molar-refractivity contribution in [3.8, 4) is 5.75 Å². The van der Waals surface area contributed by atoms with Gasteiger partial charge in [0, 0.05) is 5.69 Å². The molecule has 0 radical (unpaired) electrons. The number of aromatic hydroxyl groups is 1. The molecule has 1 fully saturated rings. The Morgan fingerprint density at radius 1 is 1.35 bits per heavy atom. The van der Waals surface area contributed by atoms with Crippen molar-refractivity contribution in [1.82, 2.24) is 4.98 Å². The van der Waals surface area contributed by atoms with Gasteiger partial charge in [-0.25, -0.2) is 0 Å². The van der Waals surface area contributed by atoms with Crippen molar-refractivity contribution >= 4 is 0 Å². The largest absolute Gasteiger partial charge is 0.503 e. The van der Waals surface area contributed by atoms with Crippen LogP contribution in [0.15, 0.2) is 10.9 Å². The topological polar surface area (TPSA) is 53.1 Å². The Labute approximate surface area is 102 Å². The summed E-state index contributed by atoms with van der Waals surface area (Å²) in [6.45, 7) is 1.77. The number of aromatic nitrogens is 1. The van der Waals surface area contributed by atoms with Crippen molar-refractivity contribution in [3.05, 3.63) is 27.7 Å². The summed E-state index contributed by atoms with van der Waals surface area (Å²) in [4.78, 5) is 14.2. The van der Waals surface area contributed by atoms with E-state index in [-0.39, 0.29) is 11.3 Å². The predicted molar refractivity (Wildman–Crippen MR) is 68.4 cm³/mol. The van der Waals surface area contributed by atoms with Crippen LogP contribution in [0.5, 0.6) is 5.75 Å². The zero-order chi connectivity index (χ0) is 12.3. The number of rotatable bonds is 3. The lowest BCUT2D eigenvalue weighted by molar-refractivity contribution is 0.338. The van der Waals surface area contributed by atoms with Gasteiger partial charge >= 0.3 is 0 Å². The van der Waals surface area contributed by atoms with Crippen LogP contribution in [0.4, 0.5) is 0 Å². The molecule has 0 spiro atoms. The average molecular weight is 235 g/mol. The summed E-state index contributed by atoms with van der Waals surface area (Å²) < 4.78 is 0. The molecule has 94 valence electrons. The third-order valence-electron chi connectivity index (χ3n) is 3.80. The van der Waals surface area contributed by atoms with E-state index in [1.165, 1.54) is 32.1 Å². The number of hydrogen-bond acceptors (Lipinski definition) is 2. The number of H-pyrrole nitrogens is 1. The smallest absolute Gasteiger partial charge is 0.290 e. The minimum absolute atomic E-state index is 0.147. The molecule has 0 unspecified atom stereocenters. The Morgan fingerprint density at radius 3 is 2.71 bits per heavy atom. The van der Waals surface area contributed by atoms with Crippen LogP contribution in [-0.4, -0.2) is 10.1 Å². The molecule has 0 bridgehead atoms. The second-order valence-electron chi connectivity index (χ2n) is 5.20. The Morgan fingerprint density at radius 2 is 2.06 bits per heavy atom. The van der Waals surface area contributed by atoms with Gasteiger partial charge in [0.2, 0.25) is 0 Å².